The maximum atomic E-state index is 12.6. The molecule has 0 fully saturated rings. The van der Waals surface area contributed by atoms with Crippen molar-refractivity contribution in [1.29, 1.82) is 0 Å². The first kappa shape index (κ1) is 71.3. The summed E-state index contributed by atoms with van der Waals surface area (Å²) >= 11 is 0. The van der Waals surface area contributed by atoms with Gasteiger partial charge < -0.3 is 9.11 Å². The third kappa shape index (κ3) is 15.4. The summed E-state index contributed by atoms with van der Waals surface area (Å²) in [5, 5.41) is -29.0. The summed E-state index contributed by atoms with van der Waals surface area (Å²) in [5.74, 6) is -30.5. The minimum Gasteiger partial charge on any atom is -0.743 e. The number of rotatable bonds is 16. The summed E-state index contributed by atoms with van der Waals surface area (Å²) in [6.07, 6.45) is 0. The second-order valence-electron chi connectivity index (χ2n) is 14.7. The topological polar surface area (TPSA) is 223 Å². The fraction of sp³-hybridized carbons (Fsp3) is 0.182. The van der Waals surface area contributed by atoms with Crippen molar-refractivity contribution in [2.75, 3.05) is 0 Å². The standard InChI is InChI=1S/2C18H15S.2C4H2F8O6S2.K/c2*1-4-10-16(11-5-1)19(17-12-6-2-7-13-17)18-14-8-3-9-15-18;2*5-1(6,3(9,10)19(13,14)15)2(7,8)4(11,12)20(16,17)18;/h2*1-15H;2*(H,13,14,15)(H,16,17,18);/q2*+1;;;/p-2. The molecule has 79 heavy (non-hydrogen) atoms. The number of hydrogen-bond acceptors (Lipinski definition) is 10. The summed E-state index contributed by atoms with van der Waals surface area (Å²) in [6.45, 7) is 0. The van der Waals surface area contributed by atoms with Crippen molar-refractivity contribution >= 4 is 114 Å². The van der Waals surface area contributed by atoms with Gasteiger partial charge >= 0.3 is 64.9 Å². The molecule has 0 aliphatic heterocycles. The van der Waals surface area contributed by atoms with Crippen LogP contribution < -0.4 is 0 Å². The number of alkyl halides is 16. The molecular weight excluding hydrogens is 1260 g/mol. The number of hydrogen-bond donors (Lipinski definition) is 2. The van der Waals surface area contributed by atoms with E-state index in [1.165, 1.54) is 29.4 Å². The molecule has 0 aliphatic rings. The van der Waals surface area contributed by atoms with Crippen LogP contribution in [0.4, 0.5) is 70.2 Å². The normalized spacial score (nSPS) is 13.3. The van der Waals surface area contributed by atoms with Crippen LogP contribution in [0.5, 0.6) is 0 Å². The van der Waals surface area contributed by atoms with E-state index >= 15 is 0 Å². The summed E-state index contributed by atoms with van der Waals surface area (Å²) in [6, 6.07) is 64.3. The summed E-state index contributed by atoms with van der Waals surface area (Å²) in [4.78, 5) is 8.17. The molecule has 6 rings (SSSR count). The molecule has 6 aromatic carbocycles. The van der Waals surface area contributed by atoms with Crippen molar-refractivity contribution in [1.82, 2.24) is 0 Å². The average Bonchev–Trinajstić information content (AvgIpc) is 3.35. The number of halogens is 16. The number of benzene rings is 6. The summed E-state index contributed by atoms with van der Waals surface area (Å²) in [7, 11) is -29.9. The minimum atomic E-state index is -7.68. The third-order valence-electron chi connectivity index (χ3n) is 9.40. The van der Waals surface area contributed by atoms with Crippen molar-refractivity contribution in [3.05, 3.63) is 182 Å². The molecule has 1 radical (unpaired) electrons. The zero-order valence-corrected chi connectivity index (χ0v) is 46.8. The van der Waals surface area contributed by atoms with Crippen LogP contribution >= 0.6 is 0 Å². The summed E-state index contributed by atoms with van der Waals surface area (Å²) < 4.78 is 313. The van der Waals surface area contributed by atoms with Gasteiger partial charge in [-0.3, -0.25) is 9.11 Å². The van der Waals surface area contributed by atoms with Gasteiger partial charge in [0.05, 0.1) is 21.8 Å². The van der Waals surface area contributed by atoms with Crippen molar-refractivity contribution in [2.45, 2.75) is 74.1 Å². The maximum Gasteiger partial charge on any atom is 0.438 e. The Hall–Kier alpha value is -3.82. The second kappa shape index (κ2) is 26.6. The van der Waals surface area contributed by atoms with E-state index in [0.29, 0.717) is 0 Å². The molecule has 2 N–H and O–H groups in total. The first-order chi connectivity index (χ1) is 35.4. The Morgan fingerprint density at radius 3 is 0.519 bits per heavy atom. The van der Waals surface area contributed by atoms with E-state index in [4.69, 9.17) is 9.11 Å². The van der Waals surface area contributed by atoms with E-state index in [0.717, 1.165) is 0 Å². The van der Waals surface area contributed by atoms with Crippen LogP contribution in [-0.2, 0) is 62.3 Å². The molecule has 0 amide bonds. The van der Waals surface area contributed by atoms with Crippen LogP contribution in [0.2, 0.25) is 0 Å². The Balaban J connectivity index is 0.000000358. The SMILES string of the molecule is O=S(=O)(O)C(F)(F)C(F)(F)C(F)(F)C(F)(F)S(=O)(=O)O.O=S(=O)([O-])C(F)(F)C(F)(F)C(F)(F)C(F)(F)S(=O)(=O)[O-].[K].c1ccc([S+](c2ccccc2)c2ccccc2)cc1.c1ccc([S+](c2ccccc2)c2ccccc2)cc1. The van der Waals surface area contributed by atoms with E-state index in [2.05, 4.69) is 182 Å². The van der Waals surface area contributed by atoms with Crippen molar-refractivity contribution < 1.29 is 122 Å². The van der Waals surface area contributed by atoms with Crippen LogP contribution in [0, 0.1) is 0 Å². The molecule has 0 bridgehead atoms. The molecule has 0 heterocycles. The van der Waals surface area contributed by atoms with Gasteiger partial charge in [-0.05, 0) is 72.8 Å². The van der Waals surface area contributed by atoms with Gasteiger partial charge in [0.1, 0.15) is 0 Å². The van der Waals surface area contributed by atoms with E-state index in [1.807, 2.05) is 0 Å². The van der Waals surface area contributed by atoms with E-state index in [1.54, 1.807) is 0 Å². The predicted octanol–water partition coefficient (Wildman–Crippen LogP) is 10.9. The molecule has 35 heteroatoms. The van der Waals surface area contributed by atoms with Gasteiger partial charge in [0.2, 0.25) is 0 Å². The molecule has 6 aromatic rings. The predicted molar refractivity (Wildman–Crippen MR) is 251 cm³/mol. The van der Waals surface area contributed by atoms with Gasteiger partial charge in [-0.15, -0.1) is 0 Å². The van der Waals surface area contributed by atoms with Gasteiger partial charge in [-0.25, -0.2) is 16.8 Å². The smallest absolute Gasteiger partial charge is 0.438 e. The van der Waals surface area contributed by atoms with Crippen LogP contribution in [0.3, 0.4) is 0 Å². The molecular formula is C44H32F16KO12S6. The first-order valence-electron chi connectivity index (χ1n) is 20.1. The zero-order chi connectivity index (χ0) is 59.8. The van der Waals surface area contributed by atoms with E-state index in [-0.39, 0.29) is 73.2 Å². The Bertz CT molecular complexity index is 2850. The van der Waals surface area contributed by atoms with Crippen molar-refractivity contribution in [3.8, 4) is 0 Å². The molecule has 0 aliphatic carbocycles. The molecule has 0 unspecified atom stereocenters. The monoisotopic (exact) mass is 1290 g/mol. The van der Waals surface area contributed by atoms with Gasteiger partial charge in [0.15, 0.2) is 49.6 Å². The molecule has 0 spiro atoms. The molecule has 12 nitrogen and oxygen atoms in total. The van der Waals surface area contributed by atoms with E-state index < -0.39 is 85.2 Å². The molecule has 0 saturated heterocycles. The summed E-state index contributed by atoms with van der Waals surface area (Å²) in [5.41, 5.74) is 0. The first-order valence-corrected chi connectivity index (χ1v) is 28.2. The van der Waals surface area contributed by atoms with Crippen LogP contribution in [0.15, 0.2) is 211 Å². The molecule has 429 valence electrons. The molecule has 0 atom stereocenters. The Morgan fingerprint density at radius 2 is 0.405 bits per heavy atom. The fourth-order valence-corrected chi connectivity index (χ4v) is 11.5. The van der Waals surface area contributed by atoms with Gasteiger partial charge in [-0.1, -0.05) is 109 Å². The molecule has 0 saturated carbocycles. The van der Waals surface area contributed by atoms with E-state index in [9.17, 15) is 113 Å². The zero-order valence-electron chi connectivity index (χ0n) is 38.8. The second-order valence-corrected chi connectivity index (χ2v) is 24.5. The van der Waals surface area contributed by atoms with Crippen LogP contribution in [-0.4, -0.2) is 148 Å². The molecule has 0 aromatic heterocycles. The van der Waals surface area contributed by atoms with Gasteiger partial charge in [0, 0.05) is 51.4 Å². The van der Waals surface area contributed by atoms with Crippen molar-refractivity contribution in [3.63, 3.8) is 0 Å². The van der Waals surface area contributed by atoms with Gasteiger partial charge in [0.25, 0.3) is 0 Å². The van der Waals surface area contributed by atoms with Crippen LogP contribution in [0.1, 0.15) is 0 Å². The van der Waals surface area contributed by atoms with Crippen molar-refractivity contribution in [2.24, 2.45) is 0 Å². The Labute approximate surface area is 487 Å². The quantitative estimate of drug-likeness (QED) is 0.0400. The van der Waals surface area contributed by atoms with Gasteiger partial charge in [-0.2, -0.15) is 87.1 Å². The fourth-order valence-electron chi connectivity index (χ4n) is 5.52. The third-order valence-corrected chi connectivity index (χ3v) is 17.4. The van der Waals surface area contributed by atoms with Crippen LogP contribution in [0.25, 0.3) is 0 Å². The Kier molecular flexibility index (Phi) is 24.0. The minimum absolute atomic E-state index is 0. The average molecular weight is 1290 g/mol. The largest absolute Gasteiger partial charge is 0.743 e. The maximum absolute atomic E-state index is 12.6. The Morgan fingerprint density at radius 1 is 0.278 bits per heavy atom.